The summed E-state index contributed by atoms with van der Waals surface area (Å²) in [5.41, 5.74) is 1.19. The van der Waals surface area contributed by atoms with Crippen LogP contribution in [-0.4, -0.2) is 19.8 Å². The summed E-state index contributed by atoms with van der Waals surface area (Å²) in [5, 5.41) is 3.48. The van der Waals surface area contributed by atoms with Crippen LogP contribution in [-0.2, 0) is 6.54 Å². The smallest absolute Gasteiger partial charge is 0.175 e. The van der Waals surface area contributed by atoms with Crippen LogP contribution in [0.5, 0.6) is 11.5 Å². The summed E-state index contributed by atoms with van der Waals surface area (Å²) < 4.78 is 11.9. The van der Waals surface area contributed by atoms with Crippen LogP contribution in [0, 0.1) is 0 Å². The molecule has 0 heterocycles. The third-order valence-corrected chi connectivity index (χ3v) is 3.40. The zero-order valence-corrected chi connectivity index (χ0v) is 13.4. The number of nitrogens with one attached hydrogen (secondary N) is 1. The van der Waals surface area contributed by atoms with E-state index < -0.39 is 0 Å². The number of benzene rings is 1. The minimum Gasteiger partial charge on any atom is -0.493 e. The summed E-state index contributed by atoms with van der Waals surface area (Å²) in [6, 6.07) is 4.78. The summed E-state index contributed by atoms with van der Waals surface area (Å²) in [6.07, 6.45) is 4.30. The first kappa shape index (κ1) is 16.3. The molecule has 1 fully saturated rings. The predicted molar refractivity (Wildman–Crippen MR) is 83.5 cm³/mol. The highest BCUT2D eigenvalue weighted by Crippen LogP contribution is 2.36. The van der Waals surface area contributed by atoms with E-state index in [0.29, 0.717) is 12.6 Å². The molecule has 2 rings (SSSR count). The van der Waals surface area contributed by atoms with Crippen LogP contribution in [0.25, 0.3) is 0 Å². The molecule has 1 N–H and O–H groups in total. The van der Waals surface area contributed by atoms with Crippen LogP contribution in [0.15, 0.2) is 29.3 Å². The molecule has 0 atom stereocenters. The van der Waals surface area contributed by atoms with Crippen molar-refractivity contribution in [3.63, 3.8) is 0 Å². The topological polar surface area (TPSA) is 30.5 Å². The van der Waals surface area contributed by atoms with Gasteiger partial charge in [-0.15, -0.1) is 12.4 Å². The first-order valence-corrected chi connectivity index (χ1v) is 6.87. The molecular formula is C14H19BrClNO2. The Morgan fingerprint density at radius 1 is 1.47 bits per heavy atom. The number of hydrogen-bond acceptors (Lipinski definition) is 3. The van der Waals surface area contributed by atoms with Gasteiger partial charge in [-0.05, 0) is 46.5 Å². The summed E-state index contributed by atoms with van der Waals surface area (Å²) in [4.78, 5) is 0. The maximum atomic E-state index is 5.59. The molecule has 1 aromatic carbocycles. The second kappa shape index (κ2) is 7.78. The Balaban J connectivity index is 0.00000180. The molecular weight excluding hydrogens is 330 g/mol. The molecule has 5 heteroatoms. The fourth-order valence-electron chi connectivity index (χ4n) is 1.71. The van der Waals surface area contributed by atoms with Crippen molar-refractivity contribution in [2.75, 3.05) is 13.7 Å². The fraction of sp³-hybridized carbons (Fsp3) is 0.429. The molecule has 0 unspecified atom stereocenters. The van der Waals surface area contributed by atoms with Gasteiger partial charge < -0.3 is 14.8 Å². The van der Waals surface area contributed by atoms with E-state index in [1.165, 1.54) is 18.4 Å². The van der Waals surface area contributed by atoms with Gasteiger partial charge in [0.2, 0.25) is 0 Å². The largest absolute Gasteiger partial charge is 0.493 e. The molecule has 0 aliphatic heterocycles. The molecule has 19 heavy (non-hydrogen) atoms. The van der Waals surface area contributed by atoms with Gasteiger partial charge >= 0.3 is 0 Å². The van der Waals surface area contributed by atoms with E-state index in [4.69, 9.17) is 9.47 Å². The zero-order chi connectivity index (χ0) is 13.0. The SMILES string of the molecule is C=CCOc1c(Br)cc(CNC2CC2)cc1OC.Cl. The van der Waals surface area contributed by atoms with E-state index in [-0.39, 0.29) is 12.4 Å². The molecule has 0 radical (unpaired) electrons. The van der Waals surface area contributed by atoms with Crippen molar-refractivity contribution in [2.24, 2.45) is 0 Å². The monoisotopic (exact) mass is 347 g/mol. The fourth-order valence-corrected chi connectivity index (χ4v) is 2.31. The van der Waals surface area contributed by atoms with Crippen LogP contribution in [0.2, 0.25) is 0 Å². The number of ether oxygens (including phenoxy) is 2. The second-order valence-corrected chi connectivity index (χ2v) is 5.22. The van der Waals surface area contributed by atoms with Crippen LogP contribution < -0.4 is 14.8 Å². The lowest BCUT2D eigenvalue weighted by atomic mass is 10.2. The van der Waals surface area contributed by atoms with Gasteiger partial charge in [0.1, 0.15) is 6.61 Å². The average molecular weight is 349 g/mol. The van der Waals surface area contributed by atoms with Crippen molar-refractivity contribution in [1.29, 1.82) is 0 Å². The third kappa shape index (κ3) is 4.71. The quantitative estimate of drug-likeness (QED) is 0.762. The van der Waals surface area contributed by atoms with Crippen LogP contribution in [0.4, 0.5) is 0 Å². The van der Waals surface area contributed by atoms with Gasteiger partial charge in [0.15, 0.2) is 11.5 Å². The summed E-state index contributed by atoms with van der Waals surface area (Å²) in [6.45, 7) is 4.97. The van der Waals surface area contributed by atoms with Gasteiger partial charge in [0.05, 0.1) is 11.6 Å². The highest BCUT2D eigenvalue weighted by atomic mass is 79.9. The number of halogens is 2. The molecule has 0 aromatic heterocycles. The Labute approximate surface area is 128 Å². The molecule has 1 aromatic rings. The van der Waals surface area contributed by atoms with Gasteiger partial charge in [-0.25, -0.2) is 0 Å². The van der Waals surface area contributed by atoms with E-state index in [1.807, 2.05) is 6.07 Å². The molecule has 1 saturated carbocycles. The Hall–Kier alpha value is -0.710. The van der Waals surface area contributed by atoms with E-state index in [2.05, 4.69) is 33.9 Å². The number of hydrogen-bond donors (Lipinski definition) is 1. The molecule has 0 saturated heterocycles. The average Bonchev–Trinajstić information content (AvgIpc) is 3.18. The molecule has 1 aliphatic rings. The third-order valence-electron chi connectivity index (χ3n) is 2.81. The minimum absolute atomic E-state index is 0. The molecule has 0 amide bonds. The predicted octanol–water partition coefficient (Wildman–Crippen LogP) is 3.70. The van der Waals surface area contributed by atoms with Crippen molar-refractivity contribution in [1.82, 2.24) is 5.32 Å². The van der Waals surface area contributed by atoms with Gasteiger partial charge in [0, 0.05) is 12.6 Å². The van der Waals surface area contributed by atoms with Crippen molar-refractivity contribution >= 4 is 28.3 Å². The van der Waals surface area contributed by atoms with Crippen molar-refractivity contribution in [2.45, 2.75) is 25.4 Å². The van der Waals surface area contributed by atoms with E-state index in [0.717, 1.165) is 22.5 Å². The van der Waals surface area contributed by atoms with E-state index in [9.17, 15) is 0 Å². The molecule has 3 nitrogen and oxygen atoms in total. The van der Waals surface area contributed by atoms with Gasteiger partial charge in [-0.2, -0.15) is 0 Å². The lowest BCUT2D eigenvalue weighted by Crippen LogP contribution is -2.15. The van der Waals surface area contributed by atoms with Crippen LogP contribution in [0.3, 0.4) is 0 Å². The van der Waals surface area contributed by atoms with E-state index >= 15 is 0 Å². The summed E-state index contributed by atoms with van der Waals surface area (Å²) in [7, 11) is 1.65. The first-order valence-electron chi connectivity index (χ1n) is 6.08. The molecule has 106 valence electrons. The van der Waals surface area contributed by atoms with Crippen molar-refractivity contribution in [3.05, 3.63) is 34.8 Å². The molecule has 0 bridgehead atoms. The highest BCUT2D eigenvalue weighted by Gasteiger charge is 2.20. The Morgan fingerprint density at radius 2 is 2.21 bits per heavy atom. The number of rotatable bonds is 7. The first-order chi connectivity index (χ1) is 8.74. The van der Waals surface area contributed by atoms with E-state index in [1.54, 1.807) is 13.2 Å². The summed E-state index contributed by atoms with van der Waals surface area (Å²) in [5.74, 6) is 1.48. The Kier molecular flexibility index (Phi) is 6.69. The van der Waals surface area contributed by atoms with Gasteiger partial charge in [-0.3, -0.25) is 0 Å². The second-order valence-electron chi connectivity index (χ2n) is 4.36. The van der Waals surface area contributed by atoms with Gasteiger partial charge in [-0.1, -0.05) is 12.7 Å². The van der Waals surface area contributed by atoms with Crippen LogP contribution in [0.1, 0.15) is 18.4 Å². The zero-order valence-electron chi connectivity index (χ0n) is 10.9. The number of methoxy groups -OCH3 is 1. The minimum atomic E-state index is 0. The highest BCUT2D eigenvalue weighted by molar-refractivity contribution is 9.10. The lowest BCUT2D eigenvalue weighted by molar-refractivity contribution is 0.324. The normalized spacial score (nSPS) is 13.6. The van der Waals surface area contributed by atoms with Crippen LogP contribution >= 0.6 is 28.3 Å². The standard InChI is InChI=1S/C14H18BrNO2.ClH/c1-3-6-18-14-12(15)7-10(8-13(14)17-2)9-16-11-4-5-11;/h3,7-8,11,16H,1,4-6,9H2,2H3;1H. The molecule has 0 spiro atoms. The molecule has 1 aliphatic carbocycles. The van der Waals surface area contributed by atoms with Crippen molar-refractivity contribution in [3.8, 4) is 11.5 Å². The van der Waals surface area contributed by atoms with Gasteiger partial charge in [0.25, 0.3) is 0 Å². The maximum Gasteiger partial charge on any atom is 0.175 e. The lowest BCUT2D eigenvalue weighted by Gasteiger charge is -2.13. The summed E-state index contributed by atoms with van der Waals surface area (Å²) >= 11 is 3.52. The Morgan fingerprint density at radius 3 is 2.79 bits per heavy atom. The van der Waals surface area contributed by atoms with Crippen molar-refractivity contribution < 1.29 is 9.47 Å². The Bertz CT molecular complexity index is 436. The maximum absolute atomic E-state index is 5.59.